The van der Waals surface area contributed by atoms with E-state index in [-0.39, 0.29) is 34.1 Å². The minimum atomic E-state index is -0.763. The summed E-state index contributed by atoms with van der Waals surface area (Å²) in [6.45, 7) is 3.88. The molecule has 0 saturated carbocycles. The van der Waals surface area contributed by atoms with Gasteiger partial charge in [0.25, 0.3) is 0 Å². The minimum Gasteiger partial charge on any atom is -0.508 e. The van der Waals surface area contributed by atoms with E-state index in [0.29, 0.717) is 30.4 Å². The van der Waals surface area contributed by atoms with E-state index in [9.17, 15) is 19.8 Å². The number of carbonyl (C=O) groups is 2. The molecule has 0 bridgehead atoms. The van der Waals surface area contributed by atoms with Crippen LogP contribution in [0, 0.1) is 0 Å². The van der Waals surface area contributed by atoms with Gasteiger partial charge in [-0.15, -0.1) is 0 Å². The molecule has 0 aliphatic heterocycles. The monoisotopic (exact) mass is 402 g/mol. The van der Waals surface area contributed by atoms with E-state index in [4.69, 9.17) is 14.2 Å². The molecule has 2 rings (SSSR count). The standard InChI is InChI=1S/C22H26O7/c1-5-7-13-9-15(23)11-17(24)19(13)22(26)29-16-10-14(8-6-2)20(21(25)28-4)18(12-16)27-3/h9-12,23-24H,5-8H2,1-4H3. The fourth-order valence-corrected chi connectivity index (χ4v) is 3.19. The Morgan fingerprint density at radius 3 is 2.03 bits per heavy atom. The van der Waals surface area contributed by atoms with Crippen LogP contribution in [0.2, 0.25) is 0 Å². The molecular formula is C22H26O7. The van der Waals surface area contributed by atoms with Gasteiger partial charge in [-0.3, -0.25) is 0 Å². The molecule has 156 valence electrons. The van der Waals surface area contributed by atoms with E-state index in [1.54, 1.807) is 6.07 Å². The third-order valence-corrected chi connectivity index (χ3v) is 4.40. The van der Waals surface area contributed by atoms with Crippen molar-refractivity contribution in [1.29, 1.82) is 0 Å². The molecule has 0 aliphatic carbocycles. The third kappa shape index (κ3) is 4.99. The molecule has 7 heteroatoms. The van der Waals surface area contributed by atoms with Gasteiger partial charge in [0.15, 0.2) is 0 Å². The molecule has 0 atom stereocenters. The van der Waals surface area contributed by atoms with Gasteiger partial charge in [-0.2, -0.15) is 0 Å². The minimum absolute atomic E-state index is 0.00213. The van der Waals surface area contributed by atoms with Crippen molar-refractivity contribution in [3.8, 4) is 23.0 Å². The quantitative estimate of drug-likeness (QED) is 0.508. The zero-order valence-corrected chi connectivity index (χ0v) is 17.1. The van der Waals surface area contributed by atoms with Crippen LogP contribution in [0.4, 0.5) is 0 Å². The lowest BCUT2D eigenvalue weighted by molar-refractivity contribution is 0.0595. The van der Waals surface area contributed by atoms with E-state index in [0.717, 1.165) is 12.5 Å². The number of aromatic hydroxyl groups is 2. The molecule has 0 aliphatic rings. The van der Waals surface area contributed by atoms with Gasteiger partial charge in [0, 0.05) is 12.1 Å². The summed E-state index contributed by atoms with van der Waals surface area (Å²) >= 11 is 0. The molecule has 29 heavy (non-hydrogen) atoms. The van der Waals surface area contributed by atoms with Crippen LogP contribution in [0.1, 0.15) is 58.5 Å². The first-order chi connectivity index (χ1) is 13.9. The number of aryl methyl sites for hydroxylation is 2. The molecule has 2 N–H and O–H groups in total. The predicted octanol–water partition coefficient (Wildman–Crippen LogP) is 4.02. The summed E-state index contributed by atoms with van der Waals surface area (Å²) in [6, 6.07) is 5.55. The van der Waals surface area contributed by atoms with Crippen LogP contribution in [-0.2, 0) is 17.6 Å². The Morgan fingerprint density at radius 1 is 0.862 bits per heavy atom. The molecule has 0 aromatic heterocycles. The molecule has 0 unspecified atom stereocenters. The van der Waals surface area contributed by atoms with E-state index in [1.165, 1.54) is 26.4 Å². The average molecular weight is 402 g/mol. The second kappa shape index (κ2) is 9.82. The zero-order chi connectivity index (χ0) is 21.6. The Balaban J connectivity index is 2.48. The van der Waals surface area contributed by atoms with Crippen LogP contribution in [0.5, 0.6) is 23.0 Å². The summed E-state index contributed by atoms with van der Waals surface area (Å²) in [4.78, 5) is 25.0. The third-order valence-electron chi connectivity index (χ3n) is 4.40. The molecule has 0 spiro atoms. The van der Waals surface area contributed by atoms with Gasteiger partial charge in [0.2, 0.25) is 0 Å². The summed E-state index contributed by atoms with van der Waals surface area (Å²) < 4.78 is 15.6. The fourth-order valence-electron chi connectivity index (χ4n) is 3.19. The number of ether oxygens (including phenoxy) is 3. The van der Waals surface area contributed by atoms with Gasteiger partial charge in [-0.1, -0.05) is 26.7 Å². The molecular weight excluding hydrogens is 376 g/mol. The van der Waals surface area contributed by atoms with Crippen molar-refractivity contribution in [3.05, 3.63) is 46.5 Å². The van der Waals surface area contributed by atoms with Crippen LogP contribution in [0.25, 0.3) is 0 Å². The van der Waals surface area contributed by atoms with E-state index in [2.05, 4.69) is 0 Å². The van der Waals surface area contributed by atoms with Crippen molar-refractivity contribution in [2.24, 2.45) is 0 Å². The van der Waals surface area contributed by atoms with Gasteiger partial charge in [0.05, 0.1) is 14.2 Å². The lowest BCUT2D eigenvalue weighted by Gasteiger charge is -2.16. The Kier molecular flexibility index (Phi) is 7.47. The lowest BCUT2D eigenvalue weighted by atomic mass is 10.0. The smallest absolute Gasteiger partial charge is 0.347 e. The van der Waals surface area contributed by atoms with Gasteiger partial charge < -0.3 is 24.4 Å². The van der Waals surface area contributed by atoms with Crippen LogP contribution < -0.4 is 9.47 Å². The molecule has 0 heterocycles. The number of phenols is 2. The number of hydrogen-bond donors (Lipinski definition) is 2. The Morgan fingerprint density at radius 2 is 1.48 bits per heavy atom. The largest absolute Gasteiger partial charge is 0.508 e. The number of esters is 2. The second-order valence-electron chi connectivity index (χ2n) is 6.54. The molecule has 0 radical (unpaired) electrons. The maximum absolute atomic E-state index is 12.8. The van der Waals surface area contributed by atoms with Crippen molar-refractivity contribution in [2.45, 2.75) is 39.5 Å². The summed E-state index contributed by atoms with van der Waals surface area (Å²) in [6.07, 6.45) is 2.51. The van der Waals surface area contributed by atoms with E-state index in [1.807, 2.05) is 13.8 Å². The normalized spacial score (nSPS) is 10.5. The van der Waals surface area contributed by atoms with Gasteiger partial charge in [-0.05, 0) is 36.1 Å². The highest BCUT2D eigenvalue weighted by Crippen LogP contribution is 2.33. The van der Waals surface area contributed by atoms with Gasteiger partial charge in [-0.25, -0.2) is 9.59 Å². The van der Waals surface area contributed by atoms with Crippen molar-refractivity contribution in [3.63, 3.8) is 0 Å². The molecule has 2 aromatic rings. The van der Waals surface area contributed by atoms with Crippen molar-refractivity contribution in [2.75, 3.05) is 14.2 Å². The van der Waals surface area contributed by atoms with Crippen molar-refractivity contribution < 1.29 is 34.0 Å². The predicted molar refractivity (Wildman–Crippen MR) is 107 cm³/mol. The SMILES string of the molecule is CCCc1cc(O)cc(O)c1C(=O)Oc1cc(CCC)c(C(=O)OC)c(OC)c1. The number of carbonyl (C=O) groups excluding carboxylic acids is 2. The zero-order valence-electron chi connectivity index (χ0n) is 17.1. The topological polar surface area (TPSA) is 102 Å². The highest BCUT2D eigenvalue weighted by Gasteiger charge is 2.23. The van der Waals surface area contributed by atoms with Gasteiger partial charge >= 0.3 is 11.9 Å². The van der Waals surface area contributed by atoms with Crippen LogP contribution in [0.3, 0.4) is 0 Å². The van der Waals surface area contributed by atoms with Crippen LogP contribution in [0.15, 0.2) is 24.3 Å². The number of benzene rings is 2. The Hall–Kier alpha value is -3.22. The Labute approximate surface area is 169 Å². The summed E-state index contributed by atoms with van der Waals surface area (Å²) in [7, 11) is 2.70. The Bertz CT molecular complexity index is 903. The second-order valence-corrected chi connectivity index (χ2v) is 6.54. The maximum Gasteiger partial charge on any atom is 0.347 e. The average Bonchev–Trinajstić information content (AvgIpc) is 2.67. The molecule has 2 aromatic carbocycles. The highest BCUT2D eigenvalue weighted by atomic mass is 16.5. The molecule has 0 amide bonds. The van der Waals surface area contributed by atoms with Gasteiger partial charge in [0.1, 0.15) is 34.1 Å². The van der Waals surface area contributed by atoms with Crippen molar-refractivity contribution in [1.82, 2.24) is 0 Å². The molecule has 0 saturated heterocycles. The van der Waals surface area contributed by atoms with Crippen LogP contribution in [-0.4, -0.2) is 36.4 Å². The number of hydrogen-bond acceptors (Lipinski definition) is 7. The highest BCUT2D eigenvalue weighted by molar-refractivity contribution is 5.97. The van der Waals surface area contributed by atoms with E-state index < -0.39 is 11.9 Å². The summed E-state index contributed by atoms with van der Waals surface area (Å²) in [5.74, 6) is -1.37. The van der Waals surface area contributed by atoms with E-state index >= 15 is 0 Å². The lowest BCUT2D eigenvalue weighted by Crippen LogP contribution is -2.14. The first kappa shape index (κ1) is 22.1. The summed E-state index contributed by atoms with van der Waals surface area (Å²) in [5.41, 5.74) is 1.40. The number of phenolic OH excluding ortho intramolecular Hbond substituents is 2. The summed E-state index contributed by atoms with van der Waals surface area (Å²) in [5, 5.41) is 19.9. The molecule has 7 nitrogen and oxygen atoms in total. The first-order valence-corrected chi connectivity index (χ1v) is 9.42. The first-order valence-electron chi connectivity index (χ1n) is 9.42. The fraction of sp³-hybridized carbons (Fsp3) is 0.364. The van der Waals surface area contributed by atoms with Crippen LogP contribution >= 0.6 is 0 Å². The maximum atomic E-state index is 12.8. The number of rotatable bonds is 8. The van der Waals surface area contributed by atoms with Crippen molar-refractivity contribution >= 4 is 11.9 Å². The number of methoxy groups -OCH3 is 2. The molecule has 0 fully saturated rings.